The maximum absolute atomic E-state index is 12.2. The topological polar surface area (TPSA) is 298 Å². The van der Waals surface area contributed by atoms with Gasteiger partial charge in [0.25, 0.3) is 0 Å². The van der Waals surface area contributed by atoms with Crippen LogP contribution in [0.3, 0.4) is 0 Å². The fourth-order valence-electron chi connectivity index (χ4n) is 14.2. The zero-order chi connectivity index (χ0) is 51.5. The number of esters is 3. The van der Waals surface area contributed by atoms with Gasteiger partial charge in [0, 0.05) is 10.8 Å². The number of carbonyl (C=O) groups is 3. The summed E-state index contributed by atoms with van der Waals surface area (Å²) < 4.78 is 27.8. The molecule has 10 rings (SSSR count). The van der Waals surface area contributed by atoms with Crippen molar-refractivity contribution in [3.8, 4) is 0 Å². The minimum Gasteiger partial charge on any atom is -0.454 e. The van der Waals surface area contributed by atoms with Gasteiger partial charge in [-0.1, -0.05) is 47.1 Å². The summed E-state index contributed by atoms with van der Waals surface area (Å²) in [6, 6.07) is 0. The van der Waals surface area contributed by atoms with Crippen LogP contribution in [0.2, 0.25) is 0 Å². The summed E-state index contributed by atoms with van der Waals surface area (Å²) >= 11 is 0. The van der Waals surface area contributed by atoms with E-state index in [-0.39, 0.29) is 16.6 Å². The van der Waals surface area contributed by atoms with E-state index in [1.807, 2.05) is 20.8 Å². The van der Waals surface area contributed by atoms with Crippen LogP contribution in [0.25, 0.3) is 0 Å². The van der Waals surface area contributed by atoms with Gasteiger partial charge < -0.3 is 59.4 Å². The maximum Gasteiger partial charge on any atom is 0.337 e. The van der Waals surface area contributed by atoms with Gasteiger partial charge in [-0.25, -0.2) is 19.4 Å². The Morgan fingerprint density at radius 2 is 1.17 bits per heavy atom. The first kappa shape index (κ1) is 52.9. The second-order valence-corrected chi connectivity index (χ2v) is 22.6. The molecule has 19 heteroatoms. The quantitative estimate of drug-likeness (QED) is 0.0477. The molecule has 0 aromatic heterocycles. The van der Waals surface area contributed by atoms with Gasteiger partial charge >= 0.3 is 17.9 Å². The second-order valence-electron chi connectivity index (χ2n) is 22.6. The molecule has 0 aromatic carbocycles. The van der Waals surface area contributed by atoms with Gasteiger partial charge in [0.2, 0.25) is 0 Å². The molecule has 390 valence electrons. The SMILES string of the molecule is C=C1C(=O)O[C@@H]2[C@@]1(O)CC[C@@]1(C)CCCC(=C)[C@]21OO.C=C1C(=O)O[C@@H]2[C@@]1(O)CC[C@@]1(C)CCCC(=C)[C@]21OO.CC1=C2C3OC(=O)[C@H](C)[C@]3(O)CC[C@@]2(C)CCC1O[C@@H]1OC(CO)[C@@H](O)[C@H](O)C1O. The lowest BCUT2D eigenvalue weighted by Crippen LogP contribution is -2.69. The Morgan fingerprint density at radius 1 is 0.671 bits per heavy atom. The predicted molar refractivity (Wildman–Crippen MR) is 243 cm³/mol. The Balaban J connectivity index is 0.000000146. The summed E-state index contributed by atoms with van der Waals surface area (Å²) in [5.74, 6) is -2.28. The third-order valence-electron chi connectivity index (χ3n) is 19.0. The molecule has 4 heterocycles. The number of ether oxygens (including phenoxy) is 5. The molecule has 9 fully saturated rings. The standard InChI is InChI=1S/C21H32O9.2C15H20O5/c1-9-11(28-19-16(25)15(24)14(23)12(8-22)29-19)4-5-20(3)6-7-21(27)10(2)18(26)30-17(21)13(9)20;2*1-9-5-4-6-13(3)7-8-14(17)10(2)11(16)19-12(14)15(9,13)20-18/h10-12,14-17,19,22-25,27H,4-8H2,1-3H3;2*12,17-18H,1-2,4-8H2,3H3/t10-,11?,12?,14+,15-,16?,17?,19+,20+,21+;2*12-,13-,14-,15+/m011/s1. The van der Waals surface area contributed by atoms with Crippen molar-refractivity contribution in [1.82, 2.24) is 0 Å². The fraction of sp³-hybridized carbons (Fsp3) is 0.745. The highest BCUT2D eigenvalue weighted by Gasteiger charge is 2.74. The van der Waals surface area contributed by atoms with E-state index >= 15 is 0 Å². The third-order valence-corrected chi connectivity index (χ3v) is 19.0. The zero-order valence-corrected chi connectivity index (χ0v) is 40.8. The van der Waals surface area contributed by atoms with E-state index in [1.165, 1.54) is 0 Å². The Labute approximate surface area is 407 Å². The number of hydrogen-bond acceptors (Lipinski definition) is 19. The number of carbonyl (C=O) groups excluding carboxylic acids is 3. The van der Waals surface area contributed by atoms with Crippen LogP contribution in [-0.4, -0.2) is 154 Å². The summed E-state index contributed by atoms with van der Waals surface area (Å²) in [5.41, 5.74) is -4.73. The molecule has 0 bridgehead atoms. The van der Waals surface area contributed by atoms with E-state index < -0.39 is 124 Å². The lowest BCUT2D eigenvalue weighted by molar-refractivity contribution is -0.383. The normalized spacial score (nSPS) is 49.3. The van der Waals surface area contributed by atoms with E-state index in [0.29, 0.717) is 62.5 Å². The predicted octanol–water partition coefficient (Wildman–Crippen LogP) is 3.31. The second kappa shape index (κ2) is 17.9. The van der Waals surface area contributed by atoms with Gasteiger partial charge in [-0.2, -0.15) is 0 Å². The molecular weight excluding hydrogens is 917 g/mol. The van der Waals surface area contributed by atoms with Gasteiger partial charge in [-0.15, -0.1) is 0 Å². The van der Waals surface area contributed by atoms with Crippen LogP contribution in [0.15, 0.2) is 59.8 Å². The molecule has 10 aliphatic rings. The summed E-state index contributed by atoms with van der Waals surface area (Å²) in [4.78, 5) is 45.7. The fourth-order valence-corrected chi connectivity index (χ4v) is 14.2. The maximum atomic E-state index is 12.2. The molecule has 4 unspecified atom stereocenters. The van der Waals surface area contributed by atoms with Gasteiger partial charge in [0.1, 0.15) is 41.2 Å². The average Bonchev–Trinajstić information content (AvgIpc) is 3.81. The average molecular weight is 989 g/mol. The van der Waals surface area contributed by atoms with Crippen LogP contribution in [0, 0.1) is 22.2 Å². The highest BCUT2D eigenvalue weighted by molar-refractivity contribution is 5.94. The van der Waals surface area contributed by atoms with Crippen molar-refractivity contribution >= 4 is 17.9 Å². The summed E-state index contributed by atoms with van der Waals surface area (Å²) in [5, 5.41) is 91.9. The molecule has 0 radical (unpaired) electrons. The highest BCUT2D eigenvalue weighted by atomic mass is 17.1. The minimum atomic E-state index is -1.51. The van der Waals surface area contributed by atoms with E-state index in [1.54, 1.807) is 6.92 Å². The molecule has 70 heavy (non-hydrogen) atoms. The van der Waals surface area contributed by atoms with Crippen LogP contribution >= 0.6 is 0 Å². The van der Waals surface area contributed by atoms with Gasteiger partial charge in [0.05, 0.1) is 29.8 Å². The molecule has 18 atom stereocenters. The molecule has 5 saturated carbocycles. The Bertz CT molecular complexity index is 2150. The molecule has 4 aliphatic heterocycles. The monoisotopic (exact) mass is 988 g/mol. The minimum absolute atomic E-state index is 0.0411. The molecule has 0 spiro atoms. The van der Waals surface area contributed by atoms with Crippen LogP contribution in [0.5, 0.6) is 0 Å². The summed E-state index contributed by atoms with van der Waals surface area (Å²) in [6.07, 6.45) is -0.529. The number of aliphatic hydroxyl groups is 7. The van der Waals surface area contributed by atoms with E-state index in [0.717, 1.165) is 49.7 Å². The molecule has 19 nitrogen and oxygen atoms in total. The van der Waals surface area contributed by atoms with Crippen molar-refractivity contribution in [3.63, 3.8) is 0 Å². The Morgan fingerprint density at radius 3 is 1.64 bits per heavy atom. The molecular formula is C51H72O19. The number of hydrogen-bond donors (Lipinski definition) is 9. The number of aliphatic hydroxyl groups excluding tert-OH is 4. The van der Waals surface area contributed by atoms with Crippen molar-refractivity contribution in [2.45, 2.75) is 208 Å². The van der Waals surface area contributed by atoms with Crippen LogP contribution < -0.4 is 0 Å². The van der Waals surface area contributed by atoms with Crippen molar-refractivity contribution in [2.75, 3.05) is 6.61 Å². The summed E-state index contributed by atoms with van der Waals surface area (Å²) in [6.45, 7) is 24.4. The molecule has 4 saturated heterocycles. The zero-order valence-electron chi connectivity index (χ0n) is 40.8. The van der Waals surface area contributed by atoms with Crippen LogP contribution in [0.4, 0.5) is 0 Å². The van der Waals surface area contributed by atoms with Crippen molar-refractivity contribution < 1.29 is 94.1 Å². The van der Waals surface area contributed by atoms with Gasteiger partial charge in [-0.05, 0) is 131 Å². The smallest absolute Gasteiger partial charge is 0.337 e. The molecule has 0 aromatic rings. The van der Waals surface area contributed by atoms with Crippen molar-refractivity contribution in [1.29, 1.82) is 0 Å². The molecule has 0 amide bonds. The first-order chi connectivity index (χ1) is 32.7. The van der Waals surface area contributed by atoms with Gasteiger partial charge in [-0.3, -0.25) is 15.3 Å². The Kier molecular flexibility index (Phi) is 13.5. The first-order valence-electron chi connectivity index (χ1n) is 24.5. The van der Waals surface area contributed by atoms with Crippen LogP contribution in [-0.2, 0) is 47.8 Å². The van der Waals surface area contributed by atoms with E-state index in [9.17, 15) is 60.6 Å². The largest absolute Gasteiger partial charge is 0.454 e. The van der Waals surface area contributed by atoms with Gasteiger partial charge in [0.15, 0.2) is 35.8 Å². The Hall–Kier alpha value is -3.41. The van der Waals surface area contributed by atoms with Crippen LogP contribution in [0.1, 0.15) is 125 Å². The molecule has 6 aliphatic carbocycles. The van der Waals surface area contributed by atoms with E-state index in [2.05, 4.69) is 33.2 Å². The van der Waals surface area contributed by atoms with Crippen molar-refractivity contribution in [3.05, 3.63) is 59.8 Å². The highest BCUT2D eigenvalue weighted by Crippen LogP contribution is 2.64. The number of rotatable bonds is 5. The van der Waals surface area contributed by atoms with Crippen molar-refractivity contribution in [2.24, 2.45) is 22.2 Å². The molecule has 9 N–H and O–H groups in total. The third kappa shape index (κ3) is 7.27. The summed E-state index contributed by atoms with van der Waals surface area (Å²) in [7, 11) is 0. The first-order valence-corrected chi connectivity index (χ1v) is 24.5. The van der Waals surface area contributed by atoms with E-state index in [4.69, 9.17) is 33.5 Å². The number of fused-ring (bicyclic) bond motifs is 9. The lowest BCUT2D eigenvalue weighted by Gasteiger charge is -2.58. The lowest BCUT2D eigenvalue weighted by atomic mass is 9.51.